The second-order valence-electron chi connectivity index (χ2n) is 5.45. The van der Waals surface area contributed by atoms with Crippen molar-refractivity contribution >= 4 is 9.84 Å². The Hall–Kier alpha value is -1.09. The van der Waals surface area contributed by atoms with Crippen molar-refractivity contribution in [2.75, 3.05) is 39.0 Å². The Labute approximate surface area is 128 Å². The van der Waals surface area contributed by atoms with Gasteiger partial charge >= 0.3 is 0 Å². The number of nitrogens with one attached hydrogen (secondary N) is 1. The van der Waals surface area contributed by atoms with Crippen molar-refractivity contribution in [2.45, 2.75) is 16.9 Å². The van der Waals surface area contributed by atoms with Gasteiger partial charge in [0, 0.05) is 32.4 Å². The molecule has 5 nitrogen and oxygen atoms in total. The summed E-state index contributed by atoms with van der Waals surface area (Å²) in [5, 5.41) is 12.1. The number of piperazine rings is 1. The maximum Gasteiger partial charge on any atom is 0.289 e. The monoisotopic (exact) mass is 334 g/mol. The summed E-state index contributed by atoms with van der Waals surface area (Å²) in [7, 11) is -3.37. The number of sulfone groups is 1. The van der Waals surface area contributed by atoms with Crippen LogP contribution in [0.1, 0.15) is 11.6 Å². The average Bonchev–Trinajstić information content (AvgIpc) is 2.48. The van der Waals surface area contributed by atoms with E-state index in [0.717, 1.165) is 6.26 Å². The summed E-state index contributed by atoms with van der Waals surface area (Å²) >= 11 is 0. The fourth-order valence-electron chi connectivity index (χ4n) is 2.65. The molecule has 22 heavy (non-hydrogen) atoms. The number of halogens is 2. The Balaban J connectivity index is 2.36. The van der Waals surface area contributed by atoms with E-state index in [0.29, 0.717) is 31.7 Å². The molecule has 1 saturated heterocycles. The number of alkyl halides is 2. The van der Waals surface area contributed by atoms with Gasteiger partial charge in [-0.25, -0.2) is 17.2 Å². The Kier molecular flexibility index (Phi) is 5.16. The van der Waals surface area contributed by atoms with Crippen LogP contribution in [-0.4, -0.2) is 63.4 Å². The van der Waals surface area contributed by atoms with Gasteiger partial charge < -0.3 is 10.4 Å². The number of nitrogens with zero attached hydrogens (tertiary/aromatic N) is 1. The summed E-state index contributed by atoms with van der Waals surface area (Å²) in [5.41, 5.74) is 0.299. The van der Waals surface area contributed by atoms with Crippen LogP contribution >= 0.6 is 0 Å². The fraction of sp³-hybridized carbons (Fsp3) is 0.571. The zero-order chi connectivity index (χ0) is 16.4. The van der Waals surface area contributed by atoms with Gasteiger partial charge in [-0.15, -0.1) is 0 Å². The van der Waals surface area contributed by atoms with E-state index in [1.54, 1.807) is 4.90 Å². The van der Waals surface area contributed by atoms with E-state index >= 15 is 0 Å². The highest BCUT2D eigenvalue weighted by Crippen LogP contribution is 2.36. The maximum atomic E-state index is 14.2. The molecule has 0 aliphatic carbocycles. The van der Waals surface area contributed by atoms with Crippen molar-refractivity contribution in [3.05, 3.63) is 29.8 Å². The molecule has 0 aromatic heterocycles. The van der Waals surface area contributed by atoms with Crippen molar-refractivity contribution in [1.29, 1.82) is 0 Å². The molecule has 8 heteroatoms. The molecule has 0 saturated carbocycles. The van der Waals surface area contributed by atoms with Crippen LogP contribution in [0.3, 0.4) is 0 Å². The summed E-state index contributed by atoms with van der Waals surface area (Å²) in [5.74, 6) is -3.30. The lowest BCUT2D eigenvalue weighted by atomic mass is 9.98. The lowest BCUT2D eigenvalue weighted by Crippen LogP contribution is -2.51. The molecule has 1 atom stereocenters. The predicted molar refractivity (Wildman–Crippen MR) is 78.8 cm³/mol. The third kappa shape index (κ3) is 3.81. The van der Waals surface area contributed by atoms with Gasteiger partial charge in [0.1, 0.15) is 12.6 Å². The first-order valence-electron chi connectivity index (χ1n) is 6.99. The molecule has 0 unspecified atom stereocenters. The van der Waals surface area contributed by atoms with Crippen LogP contribution in [0.2, 0.25) is 0 Å². The topological polar surface area (TPSA) is 69.6 Å². The zero-order valence-corrected chi connectivity index (χ0v) is 13.1. The molecular formula is C14H20F2N2O3S. The molecule has 124 valence electrons. The van der Waals surface area contributed by atoms with Gasteiger partial charge in [0.25, 0.3) is 5.92 Å². The number of rotatable bonds is 5. The van der Waals surface area contributed by atoms with Crippen LogP contribution in [0.4, 0.5) is 8.78 Å². The highest BCUT2D eigenvalue weighted by Gasteiger charge is 2.44. The van der Waals surface area contributed by atoms with Crippen molar-refractivity contribution in [3.63, 3.8) is 0 Å². The number of benzene rings is 1. The highest BCUT2D eigenvalue weighted by molar-refractivity contribution is 7.90. The lowest BCUT2D eigenvalue weighted by Gasteiger charge is -2.38. The minimum Gasteiger partial charge on any atom is -0.390 e. The smallest absolute Gasteiger partial charge is 0.289 e. The Morgan fingerprint density at radius 3 is 2.27 bits per heavy atom. The van der Waals surface area contributed by atoms with Gasteiger partial charge in [-0.2, -0.15) is 0 Å². The second-order valence-corrected chi connectivity index (χ2v) is 7.46. The largest absolute Gasteiger partial charge is 0.390 e. The Morgan fingerprint density at radius 2 is 1.82 bits per heavy atom. The molecular weight excluding hydrogens is 314 g/mol. The number of hydrogen-bond acceptors (Lipinski definition) is 5. The average molecular weight is 334 g/mol. The molecule has 0 radical (unpaired) electrons. The van der Waals surface area contributed by atoms with E-state index in [-0.39, 0.29) is 4.90 Å². The van der Waals surface area contributed by atoms with Gasteiger partial charge in [-0.05, 0) is 17.7 Å². The molecule has 2 rings (SSSR count). The van der Waals surface area contributed by atoms with E-state index in [4.69, 9.17) is 5.11 Å². The van der Waals surface area contributed by atoms with E-state index in [1.165, 1.54) is 24.3 Å². The minimum atomic E-state index is -3.37. The van der Waals surface area contributed by atoms with Crippen molar-refractivity contribution < 1.29 is 22.3 Å². The SMILES string of the molecule is CS(=O)(=O)c1ccc([C@H](N2CCNCC2)C(F)(F)CO)cc1. The molecule has 1 aromatic rings. The molecule has 1 fully saturated rings. The van der Waals surface area contributed by atoms with Crippen molar-refractivity contribution in [1.82, 2.24) is 10.2 Å². The highest BCUT2D eigenvalue weighted by atomic mass is 32.2. The summed E-state index contributed by atoms with van der Waals surface area (Å²) in [6.07, 6.45) is 1.07. The molecule has 1 aliphatic heterocycles. The first-order chi connectivity index (χ1) is 10.3. The summed E-state index contributed by atoms with van der Waals surface area (Å²) < 4.78 is 51.3. The lowest BCUT2D eigenvalue weighted by molar-refractivity contribution is -0.118. The second kappa shape index (κ2) is 6.57. The van der Waals surface area contributed by atoms with Gasteiger partial charge in [-0.3, -0.25) is 4.90 Å². The number of aliphatic hydroxyl groups is 1. The van der Waals surface area contributed by atoms with Gasteiger partial charge in [0.2, 0.25) is 0 Å². The van der Waals surface area contributed by atoms with Gasteiger partial charge in [0.15, 0.2) is 9.84 Å². The third-order valence-corrected chi connectivity index (χ3v) is 4.88. The normalized spacial score (nSPS) is 19.1. The van der Waals surface area contributed by atoms with Crippen LogP contribution in [0.5, 0.6) is 0 Å². The van der Waals surface area contributed by atoms with Crippen LogP contribution in [0.25, 0.3) is 0 Å². The van der Waals surface area contributed by atoms with Gasteiger partial charge in [-0.1, -0.05) is 12.1 Å². The van der Waals surface area contributed by atoms with Crippen LogP contribution < -0.4 is 5.32 Å². The summed E-state index contributed by atoms with van der Waals surface area (Å²) in [6.45, 7) is 0.816. The van der Waals surface area contributed by atoms with E-state index in [1.807, 2.05) is 0 Å². The number of aliphatic hydroxyl groups excluding tert-OH is 1. The Morgan fingerprint density at radius 1 is 1.27 bits per heavy atom. The van der Waals surface area contributed by atoms with Gasteiger partial charge in [0.05, 0.1) is 4.90 Å². The van der Waals surface area contributed by atoms with E-state index < -0.39 is 28.4 Å². The summed E-state index contributed by atoms with van der Waals surface area (Å²) in [4.78, 5) is 1.70. The molecule has 1 heterocycles. The first-order valence-corrected chi connectivity index (χ1v) is 8.88. The maximum absolute atomic E-state index is 14.2. The minimum absolute atomic E-state index is 0.0858. The standard InChI is InChI=1S/C14H20F2N2O3S/c1-22(20,21)12-4-2-11(3-5-12)13(14(15,16)10-19)18-8-6-17-7-9-18/h2-5,13,17,19H,6-10H2,1H3/t13-/m0/s1. The quantitative estimate of drug-likeness (QED) is 0.828. The number of hydrogen-bond donors (Lipinski definition) is 2. The third-order valence-electron chi connectivity index (χ3n) is 3.75. The fourth-order valence-corrected chi connectivity index (χ4v) is 3.28. The van der Waals surface area contributed by atoms with E-state index in [9.17, 15) is 17.2 Å². The van der Waals surface area contributed by atoms with E-state index in [2.05, 4.69) is 5.32 Å². The first kappa shape index (κ1) is 17.3. The van der Waals surface area contributed by atoms with Crippen molar-refractivity contribution in [2.24, 2.45) is 0 Å². The molecule has 0 spiro atoms. The van der Waals surface area contributed by atoms with Crippen LogP contribution in [0, 0.1) is 0 Å². The molecule has 0 amide bonds. The predicted octanol–water partition coefficient (Wildman–Crippen LogP) is 0.664. The molecule has 1 aliphatic rings. The Bertz CT molecular complexity index is 599. The van der Waals surface area contributed by atoms with Crippen LogP contribution in [0.15, 0.2) is 29.2 Å². The molecule has 0 bridgehead atoms. The zero-order valence-electron chi connectivity index (χ0n) is 12.3. The molecule has 2 N–H and O–H groups in total. The van der Waals surface area contributed by atoms with Crippen molar-refractivity contribution in [3.8, 4) is 0 Å². The molecule has 1 aromatic carbocycles. The van der Waals surface area contributed by atoms with Crippen LogP contribution in [-0.2, 0) is 9.84 Å². The summed E-state index contributed by atoms with van der Waals surface area (Å²) in [6, 6.07) is 4.17.